The Hall–Kier alpha value is -1.09. The molecule has 0 radical (unpaired) electrons. The van der Waals surface area contributed by atoms with Gasteiger partial charge in [0.15, 0.2) is 0 Å². The van der Waals surface area contributed by atoms with Crippen molar-refractivity contribution in [2.45, 2.75) is 32.2 Å². The highest BCUT2D eigenvalue weighted by atomic mass is 35.5. The Kier molecular flexibility index (Phi) is 3.44. The average molecular weight is 239 g/mol. The molecule has 16 heavy (non-hydrogen) atoms. The number of halogens is 1. The maximum Gasteiger partial charge on any atom is 0.255 e. The van der Waals surface area contributed by atoms with Crippen LogP contribution in [0.25, 0.3) is 0 Å². The van der Waals surface area contributed by atoms with Gasteiger partial charge in [-0.25, -0.2) is 4.98 Å². The molecule has 2 rings (SSSR count). The van der Waals surface area contributed by atoms with Crippen LogP contribution in [0.4, 0.5) is 0 Å². The van der Waals surface area contributed by atoms with E-state index in [1.807, 2.05) is 4.90 Å². The molecular weight excluding hydrogens is 224 g/mol. The van der Waals surface area contributed by atoms with Crippen molar-refractivity contribution in [1.82, 2.24) is 9.88 Å². The van der Waals surface area contributed by atoms with Crippen LogP contribution in [0.2, 0.25) is 5.15 Å². The molecule has 1 unspecified atom stereocenters. The summed E-state index contributed by atoms with van der Waals surface area (Å²) in [6.45, 7) is 2.98. The van der Waals surface area contributed by atoms with E-state index in [1.165, 1.54) is 0 Å². The van der Waals surface area contributed by atoms with Crippen molar-refractivity contribution < 1.29 is 4.79 Å². The number of nitrogens with zero attached hydrogens (tertiary/aromatic N) is 2. The van der Waals surface area contributed by atoms with Gasteiger partial charge in [-0.15, -0.1) is 0 Å². The van der Waals surface area contributed by atoms with Crippen LogP contribution in [-0.2, 0) is 0 Å². The Morgan fingerprint density at radius 1 is 1.62 bits per heavy atom. The molecule has 1 aromatic heterocycles. The van der Waals surface area contributed by atoms with Crippen molar-refractivity contribution in [3.05, 3.63) is 29.0 Å². The fourth-order valence-corrected chi connectivity index (χ4v) is 2.31. The van der Waals surface area contributed by atoms with E-state index in [4.69, 9.17) is 11.6 Å². The molecule has 1 saturated heterocycles. The topological polar surface area (TPSA) is 33.2 Å². The van der Waals surface area contributed by atoms with Gasteiger partial charge in [0.05, 0.1) is 5.56 Å². The van der Waals surface area contributed by atoms with Crippen LogP contribution in [0.15, 0.2) is 18.3 Å². The average Bonchev–Trinajstić information content (AvgIpc) is 2.77. The summed E-state index contributed by atoms with van der Waals surface area (Å²) in [7, 11) is 0. The minimum atomic E-state index is 0.0773. The molecule has 2 heterocycles. The molecule has 0 aromatic carbocycles. The number of aromatic nitrogens is 1. The predicted octanol–water partition coefficient (Wildman–Crippen LogP) is 2.75. The van der Waals surface area contributed by atoms with Crippen LogP contribution in [0, 0.1) is 0 Å². The van der Waals surface area contributed by atoms with Crippen molar-refractivity contribution in [2.75, 3.05) is 6.54 Å². The third-order valence-corrected chi connectivity index (χ3v) is 3.31. The normalized spacial score (nSPS) is 20.1. The van der Waals surface area contributed by atoms with E-state index < -0.39 is 0 Å². The summed E-state index contributed by atoms with van der Waals surface area (Å²) in [6, 6.07) is 3.79. The third kappa shape index (κ3) is 2.19. The number of likely N-dealkylation sites (tertiary alicyclic amines) is 1. The maximum atomic E-state index is 12.2. The number of carbonyl (C=O) groups is 1. The van der Waals surface area contributed by atoms with Gasteiger partial charge in [-0.1, -0.05) is 18.5 Å². The van der Waals surface area contributed by atoms with Crippen LogP contribution in [0.1, 0.15) is 36.5 Å². The minimum Gasteiger partial charge on any atom is -0.336 e. The van der Waals surface area contributed by atoms with Crippen molar-refractivity contribution in [3.63, 3.8) is 0 Å². The molecule has 3 nitrogen and oxygen atoms in total. The highest BCUT2D eigenvalue weighted by molar-refractivity contribution is 6.29. The quantitative estimate of drug-likeness (QED) is 0.743. The lowest BCUT2D eigenvalue weighted by Crippen LogP contribution is -2.35. The smallest absolute Gasteiger partial charge is 0.255 e. The van der Waals surface area contributed by atoms with E-state index in [9.17, 15) is 4.79 Å². The predicted molar refractivity (Wildman–Crippen MR) is 63.6 cm³/mol. The van der Waals surface area contributed by atoms with E-state index in [-0.39, 0.29) is 5.91 Å². The lowest BCUT2D eigenvalue weighted by molar-refractivity contribution is 0.0733. The molecule has 0 N–H and O–H groups in total. The van der Waals surface area contributed by atoms with Crippen LogP contribution in [0.3, 0.4) is 0 Å². The Morgan fingerprint density at radius 2 is 2.44 bits per heavy atom. The van der Waals surface area contributed by atoms with Crippen molar-refractivity contribution in [2.24, 2.45) is 0 Å². The number of carbonyl (C=O) groups excluding carboxylic acids is 1. The minimum absolute atomic E-state index is 0.0773. The summed E-state index contributed by atoms with van der Waals surface area (Å²) in [5.74, 6) is 0.0773. The van der Waals surface area contributed by atoms with Crippen LogP contribution in [0.5, 0.6) is 0 Å². The number of amides is 1. The highest BCUT2D eigenvalue weighted by Crippen LogP contribution is 2.22. The monoisotopic (exact) mass is 238 g/mol. The Morgan fingerprint density at radius 3 is 3.06 bits per heavy atom. The second kappa shape index (κ2) is 4.83. The fourth-order valence-electron chi connectivity index (χ4n) is 2.20. The maximum absolute atomic E-state index is 12.2. The molecule has 86 valence electrons. The summed E-state index contributed by atoms with van der Waals surface area (Å²) in [6.07, 6.45) is 4.79. The first-order valence-electron chi connectivity index (χ1n) is 5.65. The van der Waals surface area contributed by atoms with Gasteiger partial charge in [-0.3, -0.25) is 4.79 Å². The van der Waals surface area contributed by atoms with E-state index in [0.29, 0.717) is 16.8 Å². The van der Waals surface area contributed by atoms with Gasteiger partial charge in [-0.05, 0) is 31.4 Å². The fraction of sp³-hybridized carbons (Fsp3) is 0.500. The standard InChI is InChI=1S/C12H15ClN2O/c1-2-10-4-3-7-15(10)12(16)9-5-6-11(13)14-8-9/h5-6,8,10H,2-4,7H2,1H3. The number of rotatable bonds is 2. The zero-order valence-electron chi connectivity index (χ0n) is 9.32. The van der Waals surface area contributed by atoms with Crippen LogP contribution in [-0.4, -0.2) is 28.4 Å². The molecule has 1 atom stereocenters. The van der Waals surface area contributed by atoms with Crippen LogP contribution >= 0.6 is 11.6 Å². The third-order valence-electron chi connectivity index (χ3n) is 3.08. The molecule has 0 bridgehead atoms. The van der Waals surface area contributed by atoms with Crippen LogP contribution < -0.4 is 0 Å². The number of pyridine rings is 1. The molecule has 1 fully saturated rings. The zero-order chi connectivity index (χ0) is 11.5. The van der Waals surface area contributed by atoms with Crippen molar-refractivity contribution in [3.8, 4) is 0 Å². The lowest BCUT2D eigenvalue weighted by Gasteiger charge is -2.23. The van der Waals surface area contributed by atoms with E-state index >= 15 is 0 Å². The second-order valence-corrected chi connectivity index (χ2v) is 4.46. The molecule has 1 aliphatic heterocycles. The SMILES string of the molecule is CCC1CCCN1C(=O)c1ccc(Cl)nc1. The molecule has 1 amide bonds. The Labute approximate surface area is 100 Å². The highest BCUT2D eigenvalue weighted by Gasteiger charge is 2.27. The molecule has 1 aliphatic rings. The van der Waals surface area contributed by atoms with E-state index in [0.717, 1.165) is 25.8 Å². The number of hydrogen-bond donors (Lipinski definition) is 0. The molecule has 0 spiro atoms. The number of hydrogen-bond acceptors (Lipinski definition) is 2. The zero-order valence-corrected chi connectivity index (χ0v) is 10.1. The first-order chi connectivity index (χ1) is 7.72. The van der Waals surface area contributed by atoms with Gasteiger partial charge in [0.25, 0.3) is 5.91 Å². The summed E-state index contributed by atoms with van der Waals surface area (Å²) in [4.78, 5) is 18.1. The Bertz CT molecular complexity index is 377. The van der Waals surface area contributed by atoms with Gasteiger partial charge in [0, 0.05) is 18.8 Å². The van der Waals surface area contributed by atoms with Crippen molar-refractivity contribution in [1.29, 1.82) is 0 Å². The lowest BCUT2D eigenvalue weighted by atomic mass is 10.1. The molecule has 4 heteroatoms. The van der Waals surface area contributed by atoms with Gasteiger partial charge in [0.1, 0.15) is 5.15 Å². The summed E-state index contributed by atoms with van der Waals surface area (Å²) in [5, 5.41) is 0.421. The Balaban J connectivity index is 2.15. The first kappa shape index (κ1) is 11.4. The van der Waals surface area contributed by atoms with E-state index in [1.54, 1.807) is 18.3 Å². The summed E-state index contributed by atoms with van der Waals surface area (Å²) < 4.78 is 0. The first-order valence-corrected chi connectivity index (χ1v) is 6.02. The largest absolute Gasteiger partial charge is 0.336 e. The van der Waals surface area contributed by atoms with Crippen molar-refractivity contribution >= 4 is 17.5 Å². The second-order valence-electron chi connectivity index (χ2n) is 4.07. The molecule has 1 aromatic rings. The van der Waals surface area contributed by atoms with Gasteiger partial charge in [-0.2, -0.15) is 0 Å². The van der Waals surface area contributed by atoms with Gasteiger partial charge >= 0.3 is 0 Å². The molecule has 0 aliphatic carbocycles. The molecular formula is C12H15ClN2O. The van der Waals surface area contributed by atoms with E-state index in [2.05, 4.69) is 11.9 Å². The van der Waals surface area contributed by atoms with Gasteiger partial charge < -0.3 is 4.90 Å². The summed E-state index contributed by atoms with van der Waals surface area (Å²) in [5.41, 5.74) is 0.629. The molecule has 0 saturated carbocycles. The van der Waals surface area contributed by atoms with Gasteiger partial charge in [0.2, 0.25) is 0 Å². The summed E-state index contributed by atoms with van der Waals surface area (Å²) >= 11 is 5.70.